The van der Waals surface area contributed by atoms with Crippen molar-refractivity contribution in [1.29, 1.82) is 0 Å². The third-order valence-electron chi connectivity index (χ3n) is 3.35. The zero-order valence-corrected chi connectivity index (χ0v) is 14.6. The number of hydrogen-bond donors (Lipinski definition) is 1. The van der Waals surface area contributed by atoms with Crippen LogP contribution in [-0.4, -0.2) is 67.0 Å². The average molecular weight is 330 g/mol. The molecule has 2 heterocycles. The van der Waals surface area contributed by atoms with Crippen LogP contribution in [0.5, 0.6) is 5.88 Å². The summed E-state index contributed by atoms with van der Waals surface area (Å²) in [6.07, 6.45) is -0.0292. The molecule has 1 N–H and O–H groups in total. The Kier molecular flexibility index (Phi) is 6.37. The molecule has 0 amide bonds. The van der Waals surface area contributed by atoms with Crippen LogP contribution >= 0.6 is 11.7 Å². The normalized spacial score (nSPS) is 17.5. The van der Waals surface area contributed by atoms with Crippen molar-refractivity contribution in [2.75, 3.05) is 51.5 Å². The largest absolute Gasteiger partial charge is 0.472 e. The average Bonchev–Trinajstić information content (AvgIpc) is 2.96. The fourth-order valence-electron chi connectivity index (χ4n) is 2.04. The summed E-state index contributed by atoms with van der Waals surface area (Å²) in [4.78, 5) is 2.15. The van der Waals surface area contributed by atoms with Gasteiger partial charge in [0.2, 0.25) is 5.82 Å². The molecule has 1 atom stereocenters. The minimum Gasteiger partial charge on any atom is -0.472 e. The maximum Gasteiger partial charge on any atom is 0.270 e. The summed E-state index contributed by atoms with van der Waals surface area (Å²) in [5.74, 6) is 1.40. The van der Waals surface area contributed by atoms with Crippen molar-refractivity contribution in [2.45, 2.75) is 32.4 Å². The Balaban J connectivity index is 1.86. The van der Waals surface area contributed by atoms with E-state index in [-0.39, 0.29) is 11.6 Å². The maximum atomic E-state index is 5.84. The van der Waals surface area contributed by atoms with Crippen molar-refractivity contribution in [1.82, 2.24) is 14.1 Å². The second-order valence-electron chi connectivity index (χ2n) is 6.29. The lowest BCUT2D eigenvalue weighted by molar-refractivity contribution is 0.0524. The quantitative estimate of drug-likeness (QED) is 0.804. The minimum absolute atomic E-state index is 0.0292. The van der Waals surface area contributed by atoms with E-state index in [2.05, 4.69) is 39.7 Å². The van der Waals surface area contributed by atoms with E-state index in [4.69, 9.17) is 14.2 Å². The molecule has 1 aromatic heterocycles. The number of methoxy groups -OCH3 is 1. The number of morpholine rings is 1. The van der Waals surface area contributed by atoms with E-state index in [1.54, 1.807) is 7.11 Å². The van der Waals surface area contributed by atoms with Gasteiger partial charge in [-0.2, -0.15) is 4.37 Å². The van der Waals surface area contributed by atoms with E-state index in [1.165, 1.54) is 11.7 Å². The lowest BCUT2D eigenvalue weighted by Crippen LogP contribution is -2.43. The van der Waals surface area contributed by atoms with Gasteiger partial charge in [-0.3, -0.25) is 0 Å². The first-order valence-corrected chi connectivity index (χ1v) is 8.28. The van der Waals surface area contributed by atoms with Crippen LogP contribution in [0, 0.1) is 0 Å². The van der Waals surface area contributed by atoms with Gasteiger partial charge in [0, 0.05) is 32.3 Å². The molecule has 1 aliphatic rings. The molecule has 7 nitrogen and oxygen atoms in total. The van der Waals surface area contributed by atoms with E-state index >= 15 is 0 Å². The highest BCUT2D eigenvalue weighted by molar-refractivity contribution is 6.99. The van der Waals surface area contributed by atoms with Crippen molar-refractivity contribution < 1.29 is 14.2 Å². The lowest BCUT2D eigenvalue weighted by Gasteiger charge is -2.27. The number of aromatic nitrogens is 2. The fourth-order valence-corrected chi connectivity index (χ4v) is 2.56. The topological polar surface area (TPSA) is 68.7 Å². The Morgan fingerprint density at radius 1 is 1.32 bits per heavy atom. The zero-order valence-electron chi connectivity index (χ0n) is 13.8. The van der Waals surface area contributed by atoms with Crippen LogP contribution in [0.15, 0.2) is 0 Å². The van der Waals surface area contributed by atoms with Crippen LogP contribution in [0.1, 0.15) is 20.8 Å². The first-order valence-electron chi connectivity index (χ1n) is 7.55. The van der Waals surface area contributed by atoms with Crippen molar-refractivity contribution in [3.63, 3.8) is 0 Å². The molecule has 0 bridgehead atoms. The van der Waals surface area contributed by atoms with E-state index in [9.17, 15) is 0 Å². The first kappa shape index (κ1) is 17.4. The second kappa shape index (κ2) is 8.05. The number of anilines is 1. The molecule has 1 aliphatic heterocycles. The third-order valence-corrected chi connectivity index (χ3v) is 3.85. The smallest absolute Gasteiger partial charge is 0.270 e. The van der Waals surface area contributed by atoms with Crippen LogP contribution < -0.4 is 15.0 Å². The molecule has 2 rings (SSSR count). The van der Waals surface area contributed by atoms with Crippen LogP contribution in [0.25, 0.3) is 0 Å². The predicted octanol–water partition coefficient (Wildman–Crippen LogP) is 1.16. The van der Waals surface area contributed by atoms with Gasteiger partial charge in [-0.05, 0) is 20.8 Å². The Bertz CT molecular complexity index is 444. The Morgan fingerprint density at radius 3 is 2.68 bits per heavy atom. The summed E-state index contributed by atoms with van der Waals surface area (Å²) in [5, 5.41) is 3.42. The van der Waals surface area contributed by atoms with Crippen LogP contribution in [0.4, 0.5) is 5.82 Å². The summed E-state index contributed by atoms with van der Waals surface area (Å²) in [6, 6.07) is 0. The molecule has 0 spiro atoms. The maximum absolute atomic E-state index is 5.84. The van der Waals surface area contributed by atoms with E-state index in [1.807, 2.05) is 0 Å². The highest BCUT2D eigenvalue weighted by Gasteiger charge is 2.21. The summed E-state index contributed by atoms with van der Waals surface area (Å²) in [6.45, 7) is 10.6. The van der Waals surface area contributed by atoms with E-state index in [0.29, 0.717) is 25.7 Å². The molecule has 126 valence electrons. The third kappa shape index (κ3) is 5.35. The van der Waals surface area contributed by atoms with Gasteiger partial charge in [0.1, 0.15) is 12.7 Å². The van der Waals surface area contributed by atoms with Gasteiger partial charge in [0.15, 0.2) is 0 Å². The molecule has 0 saturated carbocycles. The van der Waals surface area contributed by atoms with Gasteiger partial charge < -0.3 is 24.4 Å². The lowest BCUT2D eigenvalue weighted by atomic mass is 10.1. The molecule has 8 heteroatoms. The first-order chi connectivity index (χ1) is 10.5. The highest BCUT2D eigenvalue weighted by atomic mass is 32.1. The highest BCUT2D eigenvalue weighted by Crippen LogP contribution is 2.26. The van der Waals surface area contributed by atoms with Gasteiger partial charge in [-0.15, -0.1) is 4.37 Å². The number of nitrogens with one attached hydrogen (secondary N) is 1. The molecule has 0 aliphatic carbocycles. The number of ether oxygens (including phenoxy) is 3. The summed E-state index contributed by atoms with van der Waals surface area (Å²) in [7, 11) is 1.69. The van der Waals surface area contributed by atoms with Crippen molar-refractivity contribution in [3.8, 4) is 5.88 Å². The molecule has 1 fully saturated rings. The Hall–Kier alpha value is -0.960. The van der Waals surface area contributed by atoms with Crippen LogP contribution in [0.3, 0.4) is 0 Å². The predicted molar refractivity (Wildman–Crippen MR) is 87.0 cm³/mol. The summed E-state index contributed by atoms with van der Waals surface area (Å²) < 4.78 is 25.3. The van der Waals surface area contributed by atoms with Crippen LogP contribution in [0.2, 0.25) is 0 Å². The van der Waals surface area contributed by atoms with Crippen molar-refractivity contribution in [3.05, 3.63) is 0 Å². The summed E-state index contributed by atoms with van der Waals surface area (Å²) >= 11 is 1.17. The standard InChI is InChI=1S/C14H26N4O3S/c1-14(2,3)15-9-11(19-4)10-21-13-12(16-22-17-13)18-5-7-20-8-6-18/h11,15H,5-10H2,1-4H3. The minimum atomic E-state index is -0.0292. The van der Waals surface area contributed by atoms with Gasteiger partial charge in [-0.1, -0.05) is 0 Å². The second-order valence-corrected chi connectivity index (χ2v) is 6.82. The number of hydrogen-bond acceptors (Lipinski definition) is 8. The molecular weight excluding hydrogens is 304 g/mol. The Morgan fingerprint density at radius 2 is 2.05 bits per heavy atom. The molecule has 1 saturated heterocycles. The van der Waals surface area contributed by atoms with Gasteiger partial charge in [0.05, 0.1) is 24.9 Å². The Labute approximate surface area is 136 Å². The SMILES string of the molecule is COC(CNC(C)(C)C)COc1nsnc1N1CCOCC1. The molecule has 0 radical (unpaired) electrons. The number of nitrogens with zero attached hydrogens (tertiary/aromatic N) is 3. The van der Waals surface area contributed by atoms with E-state index in [0.717, 1.165) is 25.5 Å². The van der Waals surface area contributed by atoms with Gasteiger partial charge in [0.25, 0.3) is 5.88 Å². The molecule has 0 aromatic carbocycles. The molecular formula is C14H26N4O3S. The molecule has 1 aromatic rings. The molecule has 1 unspecified atom stereocenters. The van der Waals surface area contributed by atoms with Gasteiger partial charge in [-0.25, -0.2) is 0 Å². The summed E-state index contributed by atoms with van der Waals surface area (Å²) in [5.41, 5.74) is 0.0535. The van der Waals surface area contributed by atoms with Crippen LogP contribution in [-0.2, 0) is 9.47 Å². The molecule has 22 heavy (non-hydrogen) atoms. The monoisotopic (exact) mass is 330 g/mol. The number of rotatable bonds is 7. The fraction of sp³-hybridized carbons (Fsp3) is 0.857. The van der Waals surface area contributed by atoms with E-state index < -0.39 is 0 Å². The van der Waals surface area contributed by atoms with Crippen molar-refractivity contribution >= 4 is 17.5 Å². The van der Waals surface area contributed by atoms with Crippen molar-refractivity contribution in [2.24, 2.45) is 0 Å². The van der Waals surface area contributed by atoms with Gasteiger partial charge >= 0.3 is 0 Å². The zero-order chi connectivity index (χ0) is 16.0.